The van der Waals surface area contributed by atoms with Gasteiger partial charge in [0.25, 0.3) is 5.91 Å². The number of hydrogen-bond donors (Lipinski definition) is 1. The molecule has 1 amide bonds. The Balaban J connectivity index is 3.06. The van der Waals surface area contributed by atoms with Gasteiger partial charge in [-0.25, -0.2) is 0 Å². The molecule has 1 rings (SSSR count). The highest BCUT2D eigenvalue weighted by Crippen LogP contribution is 2.25. The van der Waals surface area contributed by atoms with Crippen LogP contribution < -0.4 is 10.5 Å². The summed E-state index contributed by atoms with van der Waals surface area (Å²) >= 11 is 0. The number of nitrogens with zero attached hydrogens (tertiary/aromatic N) is 1. The van der Waals surface area contributed by atoms with Gasteiger partial charge in [-0.05, 0) is 32.0 Å². The van der Waals surface area contributed by atoms with Crippen LogP contribution in [0.4, 0.5) is 18.9 Å². The fourth-order valence-electron chi connectivity index (χ4n) is 1.69. The van der Waals surface area contributed by atoms with Crippen molar-refractivity contribution in [3.05, 3.63) is 23.8 Å². The predicted molar refractivity (Wildman–Crippen MR) is 69.6 cm³/mol. The van der Waals surface area contributed by atoms with Crippen LogP contribution in [0.15, 0.2) is 18.2 Å². The van der Waals surface area contributed by atoms with E-state index >= 15 is 0 Å². The van der Waals surface area contributed by atoms with Crippen LogP contribution in [-0.4, -0.2) is 36.7 Å². The van der Waals surface area contributed by atoms with Crippen molar-refractivity contribution in [3.8, 4) is 5.75 Å². The zero-order valence-corrected chi connectivity index (χ0v) is 11.5. The van der Waals surface area contributed by atoms with Crippen LogP contribution in [0.2, 0.25) is 0 Å². The first-order valence-corrected chi connectivity index (χ1v) is 5.97. The van der Waals surface area contributed by atoms with Crippen molar-refractivity contribution in [1.29, 1.82) is 0 Å². The molecule has 0 spiro atoms. The van der Waals surface area contributed by atoms with Gasteiger partial charge < -0.3 is 15.4 Å². The molecule has 0 heterocycles. The van der Waals surface area contributed by atoms with Gasteiger partial charge in [0, 0.05) is 11.6 Å². The number of methoxy groups -OCH3 is 1. The smallest absolute Gasteiger partial charge is 0.406 e. The van der Waals surface area contributed by atoms with Crippen LogP contribution in [0.3, 0.4) is 0 Å². The Hall–Kier alpha value is -1.92. The topological polar surface area (TPSA) is 55.6 Å². The highest BCUT2D eigenvalue weighted by Gasteiger charge is 2.34. The zero-order chi connectivity index (χ0) is 15.5. The number of halogens is 3. The minimum atomic E-state index is -4.45. The fraction of sp³-hybridized carbons (Fsp3) is 0.462. The van der Waals surface area contributed by atoms with Gasteiger partial charge in [0.15, 0.2) is 0 Å². The minimum absolute atomic E-state index is 0.106. The van der Waals surface area contributed by atoms with Crippen molar-refractivity contribution in [2.75, 3.05) is 19.4 Å². The molecule has 0 aromatic heterocycles. The molecule has 112 valence electrons. The van der Waals surface area contributed by atoms with Crippen LogP contribution in [-0.2, 0) is 0 Å². The maximum atomic E-state index is 12.5. The summed E-state index contributed by atoms with van der Waals surface area (Å²) in [5.74, 6) is -0.456. The maximum Gasteiger partial charge on any atom is 0.406 e. The van der Waals surface area contributed by atoms with Gasteiger partial charge in [0.2, 0.25) is 0 Å². The highest BCUT2D eigenvalue weighted by molar-refractivity contribution is 5.95. The van der Waals surface area contributed by atoms with Crippen LogP contribution in [0, 0.1) is 0 Å². The number of hydrogen-bond acceptors (Lipinski definition) is 3. The lowest BCUT2D eigenvalue weighted by molar-refractivity contribution is -0.143. The van der Waals surface area contributed by atoms with E-state index in [4.69, 9.17) is 10.5 Å². The number of carbonyl (C=O) groups excluding carboxylic acids is 1. The van der Waals surface area contributed by atoms with E-state index in [-0.39, 0.29) is 11.3 Å². The third-order valence-corrected chi connectivity index (χ3v) is 2.71. The van der Waals surface area contributed by atoms with E-state index in [1.54, 1.807) is 0 Å². The molecule has 1 aromatic carbocycles. The molecule has 2 N–H and O–H groups in total. The molecule has 0 aliphatic heterocycles. The van der Waals surface area contributed by atoms with Gasteiger partial charge in [-0.15, -0.1) is 0 Å². The van der Waals surface area contributed by atoms with Crippen LogP contribution >= 0.6 is 0 Å². The Morgan fingerprint density at radius 1 is 1.40 bits per heavy atom. The lowest BCUT2D eigenvalue weighted by atomic mass is 10.1. The average Bonchev–Trinajstić information content (AvgIpc) is 2.34. The van der Waals surface area contributed by atoms with Crippen molar-refractivity contribution in [2.24, 2.45) is 0 Å². The van der Waals surface area contributed by atoms with E-state index in [2.05, 4.69) is 0 Å². The summed E-state index contributed by atoms with van der Waals surface area (Å²) in [5.41, 5.74) is 6.03. The van der Waals surface area contributed by atoms with E-state index in [0.29, 0.717) is 5.69 Å². The third-order valence-electron chi connectivity index (χ3n) is 2.71. The van der Waals surface area contributed by atoms with Crippen molar-refractivity contribution >= 4 is 11.6 Å². The second kappa shape index (κ2) is 6.02. The molecule has 0 fully saturated rings. The normalized spacial score (nSPS) is 11.6. The zero-order valence-electron chi connectivity index (χ0n) is 11.5. The molecular weight excluding hydrogens is 273 g/mol. The second-order valence-corrected chi connectivity index (χ2v) is 4.60. The third kappa shape index (κ3) is 4.04. The molecule has 0 atom stereocenters. The number of carbonyl (C=O) groups is 1. The lowest BCUT2D eigenvalue weighted by Crippen LogP contribution is -2.43. The number of benzene rings is 1. The largest absolute Gasteiger partial charge is 0.495 e. The minimum Gasteiger partial charge on any atom is -0.495 e. The summed E-state index contributed by atoms with van der Waals surface area (Å²) in [4.78, 5) is 12.9. The summed E-state index contributed by atoms with van der Waals surface area (Å²) in [6.07, 6.45) is -4.45. The number of nitrogens with two attached hydrogens (primary N) is 1. The lowest BCUT2D eigenvalue weighted by Gasteiger charge is -2.28. The predicted octanol–water partition coefficient (Wildman–Crippen LogP) is 2.69. The molecule has 20 heavy (non-hydrogen) atoms. The Morgan fingerprint density at radius 2 is 2.00 bits per heavy atom. The van der Waals surface area contributed by atoms with Crippen LogP contribution in [0.5, 0.6) is 5.75 Å². The molecule has 0 aliphatic rings. The Morgan fingerprint density at radius 3 is 2.45 bits per heavy atom. The summed E-state index contributed by atoms with van der Waals surface area (Å²) in [6, 6.07) is 3.57. The van der Waals surface area contributed by atoms with Gasteiger partial charge in [0.05, 0.1) is 12.8 Å². The van der Waals surface area contributed by atoms with Gasteiger partial charge in [-0.1, -0.05) is 0 Å². The number of nitrogen functional groups attached to an aromatic ring is 1. The SMILES string of the molecule is COc1cc(C(=O)N(CC(F)(F)F)C(C)C)ccc1N. The molecular formula is C13H17F3N2O2. The Bertz CT molecular complexity index is 487. The van der Waals surface area contributed by atoms with Crippen molar-refractivity contribution in [3.63, 3.8) is 0 Å². The van der Waals surface area contributed by atoms with Gasteiger partial charge >= 0.3 is 6.18 Å². The molecule has 0 saturated heterocycles. The fourth-order valence-corrected chi connectivity index (χ4v) is 1.69. The number of alkyl halides is 3. The van der Waals surface area contributed by atoms with E-state index in [0.717, 1.165) is 4.90 Å². The standard InChI is InChI=1S/C13H17F3N2O2/c1-8(2)18(7-13(14,15)16)12(19)9-4-5-10(17)11(6-9)20-3/h4-6,8H,7,17H2,1-3H3. The van der Waals surface area contributed by atoms with Crippen LogP contribution in [0.1, 0.15) is 24.2 Å². The Kier molecular flexibility index (Phi) is 4.86. The molecule has 0 unspecified atom stereocenters. The molecule has 0 saturated carbocycles. The average molecular weight is 290 g/mol. The number of rotatable bonds is 4. The van der Waals surface area contributed by atoms with E-state index in [1.165, 1.54) is 39.2 Å². The summed E-state index contributed by atoms with van der Waals surface area (Å²) in [6.45, 7) is 1.76. The first kappa shape index (κ1) is 16.1. The van der Waals surface area contributed by atoms with E-state index < -0.39 is 24.7 Å². The van der Waals surface area contributed by atoms with E-state index in [9.17, 15) is 18.0 Å². The van der Waals surface area contributed by atoms with Crippen molar-refractivity contribution in [2.45, 2.75) is 26.1 Å². The van der Waals surface area contributed by atoms with Crippen molar-refractivity contribution in [1.82, 2.24) is 4.90 Å². The molecule has 4 nitrogen and oxygen atoms in total. The van der Waals surface area contributed by atoms with E-state index in [1.807, 2.05) is 0 Å². The molecule has 7 heteroatoms. The molecule has 0 bridgehead atoms. The first-order chi connectivity index (χ1) is 9.15. The summed E-state index contributed by atoms with van der Waals surface area (Å²) in [7, 11) is 1.37. The highest BCUT2D eigenvalue weighted by atomic mass is 19.4. The summed E-state index contributed by atoms with van der Waals surface area (Å²) in [5, 5.41) is 0. The van der Waals surface area contributed by atoms with Gasteiger partial charge in [-0.2, -0.15) is 13.2 Å². The van der Waals surface area contributed by atoms with Gasteiger partial charge in [0.1, 0.15) is 12.3 Å². The number of ether oxygens (including phenoxy) is 1. The van der Waals surface area contributed by atoms with Crippen molar-refractivity contribution < 1.29 is 22.7 Å². The molecule has 0 aliphatic carbocycles. The Labute approximate surface area is 115 Å². The number of amides is 1. The summed E-state index contributed by atoms with van der Waals surface area (Å²) < 4.78 is 42.5. The quantitative estimate of drug-likeness (QED) is 0.867. The molecule has 0 radical (unpaired) electrons. The number of anilines is 1. The van der Waals surface area contributed by atoms with Crippen LogP contribution in [0.25, 0.3) is 0 Å². The maximum absolute atomic E-state index is 12.5. The van der Waals surface area contributed by atoms with Gasteiger partial charge in [-0.3, -0.25) is 4.79 Å². The monoisotopic (exact) mass is 290 g/mol. The molecule has 1 aromatic rings. The second-order valence-electron chi connectivity index (χ2n) is 4.60. The first-order valence-electron chi connectivity index (χ1n) is 5.97.